The van der Waals surface area contributed by atoms with Crippen LogP contribution in [-0.2, 0) is 11.3 Å². The van der Waals surface area contributed by atoms with Gasteiger partial charge in [-0.25, -0.2) is 0 Å². The maximum Gasteiger partial charge on any atom is 0.121 e. The number of nitrogens with one attached hydrogen (secondary N) is 1. The minimum absolute atomic E-state index is 0.0455. The number of aromatic hydroxyl groups is 1. The molecule has 0 aliphatic carbocycles. The van der Waals surface area contributed by atoms with Gasteiger partial charge in [0.05, 0.1) is 19.3 Å². The molecule has 0 fully saturated rings. The number of aliphatic hydroxyl groups excluding tert-OH is 2. The molecule has 0 heterocycles. The van der Waals surface area contributed by atoms with Gasteiger partial charge in [0.1, 0.15) is 18.1 Å². The molecule has 29 heavy (non-hydrogen) atoms. The number of benzene rings is 2. The van der Waals surface area contributed by atoms with Gasteiger partial charge >= 0.3 is 0 Å². The Morgan fingerprint density at radius 3 is 2.48 bits per heavy atom. The molecule has 1 unspecified atom stereocenters. The van der Waals surface area contributed by atoms with Gasteiger partial charge in [-0.3, -0.25) is 0 Å². The van der Waals surface area contributed by atoms with Crippen LogP contribution < -0.4 is 10.1 Å². The van der Waals surface area contributed by atoms with E-state index in [0.29, 0.717) is 30.9 Å². The van der Waals surface area contributed by atoms with E-state index in [-0.39, 0.29) is 12.4 Å². The molecular formula is C23H33NO5. The van der Waals surface area contributed by atoms with E-state index in [1.807, 2.05) is 30.3 Å². The summed E-state index contributed by atoms with van der Waals surface area (Å²) < 4.78 is 11.2. The molecule has 0 aliphatic heterocycles. The SMILES string of the molecule is OCc1cc(C(O)CNCCCCCCOCCOc2ccccc2)ccc1O. The van der Waals surface area contributed by atoms with E-state index in [2.05, 4.69) is 5.32 Å². The summed E-state index contributed by atoms with van der Waals surface area (Å²) >= 11 is 0. The van der Waals surface area contributed by atoms with Gasteiger partial charge in [-0.05, 0) is 49.2 Å². The molecule has 0 amide bonds. The van der Waals surface area contributed by atoms with Crippen LogP contribution in [0.4, 0.5) is 0 Å². The van der Waals surface area contributed by atoms with Gasteiger partial charge in [0.25, 0.3) is 0 Å². The number of unbranched alkanes of at least 4 members (excludes halogenated alkanes) is 3. The Morgan fingerprint density at radius 1 is 0.897 bits per heavy atom. The van der Waals surface area contributed by atoms with Crippen LogP contribution in [0.15, 0.2) is 48.5 Å². The van der Waals surface area contributed by atoms with Gasteiger partial charge in [0.15, 0.2) is 0 Å². The lowest BCUT2D eigenvalue weighted by Gasteiger charge is -2.14. The van der Waals surface area contributed by atoms with E-state index in [9.17, 15) is 15.3 Å². The Balaban J connectivity index is 1.41. The van der Waals surface area contributed by atoms with Crippen molar-refractivity contribution in [1.29, 1.82) is 0 Å². The maximum atomic E-state index is 10.2. The van der Waals surface area contributed by atoms with Crippen LogP contribution in [0.1, 0.15) is 42.9 Å². The largest absolute Gasteiger partial charge is 0.508 e. The molecule has 0 radical (unpaired) electrons. The third-order valence-corrected chi connectivity index (χ3v) is 4.63. The third kappa shape index (κ3) is 9.28. The number of hydrogen-bond acceptors (Lipinski definition) is 6. The Kier molecular flexibility index (Phi) is 11.1. The Morgan fingerprint density at radius 2 is 1.69 bits per heavy atom. The van der Waals surface area contributed by atoms with Gasteiger partial charge in [-0.15, -0.1) is 0 Å². The average Bonchev–Trinajstić information content (AvgIpc) is 2.75. The smallest absolute Gasteiger partial charge is 0.121 e. The van der Waals surface area contributed by atoms with Gasteiger partial charge < -0.3 is 30.1 Å². The minimum Gasteiger partial charge on any atom is -0.508 e. The van der Waals surface area contributed by atoms with Crippen molar-refractivity contribution < 1.29 is 24.8 Å². The first kappa shape index (κ1) is 23.2. The molecule has 2 rings (SSSR count). The zero-order chi connectivity index (χ0) is 20.7. The molecular weight excluding hydrogens is 370 g/mol. The molecule has 1 atom stereocenters. The van der Waals surface area contributed by atoms with Crippen LogP contribution in [0, 0.1) is 0 Å². The van der Waals surface area contributed by atoms with Gasteiger partial charge in [-0.2, -0.15) is 0 Å². The van der Waals surface area contributed by atoms with Crippen molar-refractivity contribution in [3.05, 3.63) is 59.7 Å². The van der Waals surface area contributed by atoms with Crippen molar-refractivity contribution in [2.75, 3.05) is 32.9 Å². The molecule has 0 bridgehead atoms. The summed E-state index contributed by atoms with van der Waals surface area (Å²) in [6.07, 6.45) is 3.64. The van der Waals surface area contributed by atoms with Crippen LogP contribution >= 0.6 is 0 Å². The zero-order valence-electron chi connectivity index (χ0n) is 16.9. The lowest BCUT2D eigenvalue weighted by atomic mass is 10.1. The Hall–Kier alpha value is -2.12. The monoisotopic (exact) mass is 403 g/mol. The Bertz CT molecular complexity index is 680. The molecule has 0 spiro atoms. The quantitative estimate of drug-likeness (QED) is 0.342. The molecule has 0 aromatic heterocycles. The highest BCUT2D eigenvalue weighted by atomic mass is 16.5. The van der Waals surface area contributed by atoms with Crippen molar-refractivity contribution in [2.45, 2.75) is 38.4 Å². The normalized spacial score (nSPS) is 12.1. The fourth-order valence-electron chi connectivity index (χ4n) is 2.94. The van der Waals surface area contributed by atoms with Crippen LogP contribution in [0.25, 0.3) is 0 Å². The van der Waals surface area contributed by atoms with E-state index in [4.69, 9.17) is 9.47 Å². The molecule has 6 heteroatoms. The van der Waals surface area contributed by atoms with E-state index >= 15 is 0 Å². The first-order valence-electron chi connectivity index (χ1n) is 10.3. The summed E-state index contributed by atoms with van der Waals surface area (Å²) in [6, 6.07) is 14.5. The second-order valence-corrected chi connectivity index (χ2v) is 6.95. The number of phenols is 1. The Labute approximate surface area is 173 Å². The predicted octanol–water partition coefficient (Wildman–Crippen LogP) is 3.16. The molecule has 2 aromatic rings. The lowest BCUT2D eigenvalue weighted by Crippen LogP contribution is -2.22. The topological polar surface area (TPSA) is 91.2 Å². The minimum atomic E-state index is -0.660. The highest BCUT2D eigenvalue weighted by Crippen LogP contribution is 2.22. The van der Waals surface area contributed by atoms with Crippen molar-refractivity contribution in [3.8, 4) is 11.5 Å². The second-order valence-electron chi connectivity index (χ2n) is 6.95. The molecule has 0 aliphatic rings. The van der Waals surface area contributed by atoms with Crippen LogP contribution in [0.5, 0.6) is 11.5 Å². The predicted molar refractivity (Wildman–Crippen MR) is 113 cm³/mol. The summed E-state index contributed by atoms with van der Waals surface area (Å²) in [5, 5.41) is 32.2. The standard InChI is InChI=1S/C23H33NO5/c25-18-20-16-19(10-11-22(20)26)23(27)17-24-12-6-1-2-7-13-28-14-15-29-21-8-4-3-5-9-21/h3-5,8-11,16,23-27H,1-2,6-7,12-15,17-18H2. The molecule has 160 valence electrons. The summed E-state index contributed by atoms with van der Waals surface area (Å²) in [6.45, 7) is 2.95. The third-order valence-electron chi connectivity index (χ3n) is 4.63. The number of para-hydroxylation sites is 1. The molecule has 0 saturated carbocycles. The van der Waals surface area contributed by atoms with E-state index in [1.54, 1.807) is 12.1 Å². The lowest BCUT2D eigenvalue weighted by molar-refractivity contribution is 0.0971. The van der Waals surface area contributed by atoms with Crippen LogP contribution in [0.3, 0.4) is 0 Å². The van der Waals surface area contributed by atoms with Gasteiger partial charge in [0, 0.05) is 18.7 Å². The molecule has 2 aromatic carbocycles. The van der Waals surface area contributed by atoms with Gasteiger partial charge in [0.2, 0.25) is 0 Å². The van der Waals surface area contributed by atoms with E-state index in [1.165, 1.54) is 6.07 Å². The number of hydrogen-bond donors (Lipinski definition) is 4. The molecule has 0 saturated heterocycles. The highest BCUT2D eigenvalue weighted by Gasteiger charge is 2.09. The zero-order valence-corrected chi connectivity index (χ0v) is 16.9. The highest BCUT2D eigenvalue weighted by molar-refractivity contribution is 5.36. The van der Waals surface area contributed by atoms with Crippen LogP contribution in [0.2, 0.25) is 0 Å². The molecule has 4 N–H and O–H groups in total. The van der Waals surface area contributed by atoms with Gasteiger partial charge in [-0.1, -0.05) is 37.1 Å². The van der Waals surface area contributed by atoms with E-state index in [0.717, 1.165) is 44.6 Å². The number of ether oxygens (including phenoxy) is 2. The average molecular weight is 404 g/mol. The fourth-order valence-corrected chi connectivity index (χ4v) is 2.94. The first-order valence-corrected chi connectivity index (χ1v) is 10.3. The summed E-state index contributed by atoms with van der Waals surface area (Å²) in [5.41, 5.74) is 1.11. The van der Waals surface area contributed by atoms with Crippen molar-refractivity contribution in [2.24, 2.45) is 0 Å². The fraction of sp³-hybridized carbons (Fsp3) is 0.478. The van der Waals surface area contributed by atoms with Crippen LogP contribution in [-0.4, -0.2) is 48.2 Å². The molecule has 6 nitrogen and oxygen atoms in total. The van der Waals surface area contributed by atoms with Crippen molar-refractivity contribution in [1.82, 2.24) is 5.32 Å². The second kappa shape index (κ2) is 14.0. The summed E-state index contributed by atoms with van der Waals surface area (Å²) in [4.78, 5) is 0. The van der Waals surface area contributed by atoms with Crippen molar-refractivity contribution >= 4 is 0 Å². The maximum absolute atomic E-state index is 10.2. The first-order chi connectivity index (χ1) is 14.2. The summed E-state index contributed by atoms with van der Waals surface area (Å²) in [7, 11) is 0. The van der Waals surface area contributed by atoms with E-state index < -0.39 is 6.10 Å². The summed E-state index contributed by atoms with van der Waals surface area (Å²) in [5.74, 6) is 0.914. The van der Waals surface area contributed by atoms with Crippen molar-refractivity contribution in [3.63, 3.8) is 0 Å². The number of rotatable bonds is 15. The number of aliphatic hydroxyl groups is 2.